The average Bonchev–Trinajstić information content (AvgIpc) is 3.29. The number of amides is 2. The summed E-state index contributed by atoms with van der Waals surface area (Å²) in [6.07, 6.45) is -2.78. The molecule has 194 valence electrons. The Morgan fingerprint density at radius 2 is 1.81 bits per heavy atom. The van der Waals surface area contributed by atoms with Gasteiger partial charge in [-0.3, -0.25) is 4.79 Å². The maximum absolute atomic E-state index is 12.8. The van der Waals surface area contributed by atoms with E-state index in [2.05, 4.69) is 20.5 Å². The van der Waals surface area contributed by atoms with Crippen LogP contribution < -0.4 is 15.4 Å². The molecule has 0 saturated carbocycles. The fraction of sp³-hybridized carbons (Fsp3) is 0.400. The highest BCUT2D eigenvalue weighted by Gasteiger charge is 2.32. The number of carbonyl (C=O) groups excluding carboxylic acids is 2. The second-order valence-electron chi connectivity index (χ2n) is 8.13. The largest absolute Gasteiger partial charge is 0.494 e. The first kappa shape index (κ1) is 27.0. The van der Waals surface area contributed by atoms with Crippen LogP contribution in [0.2, 0.25) is 0 Å². The number of hydrazone groups is 1. The van der Waals surface area contributed by atoms with Crippen molar-refractivity contribution >= 4 is 23.4 Å². The molecule has 1 aliphatic heterocycles. The zero-order chi connectivity index (χ0) is 26.1. The summed E-state index contributed by atoms with van der Waals surface area (Å²) in [7, 11) is 1.33. The molecule has 2 aromatic carbocycles. The van der Waals surface area contributed by atoms with Crippen LogP contribution in [-0.4, -0.2) is 55.6 Å². The number of nitrogens with zero attached hydrogens (tertiary/aromatic N) is 2. The molecule has 0 bridgehead atoms. The van der Waals surface area contributed by atoms with Crippen molar-refractivity contribution in [3.63, 3.8) is 0 Å². The van der Waals surface area contributed by atoms with Gasteiger partial charge in [0.05, 0.1) is 37.6 Å². The zero-order valence-corrected chi connectivity index (χ0v) is 20.1. The lowest BCUT2D eigenvalue weighted by Gasteiger charge is -2.17. The molecule has 11 heteroatoms. The van der Waals surface area contributed by atoms with Crippen LogP contribution in [-0.2, 0) is 15.7 Å². The fourth-order valence-electron chi connectivity index (χ4n) is 3.53. The van der Waals surface area contributed by atoms with Crippen molar-refractivity contribution in [2.75, 3.05) is 32.1 Å². The molecular formula is C25H29F3N4O4. The van der Waals surface area contributed by atoms with Crippen molar-refractivity contribution in [2.45, 2.75) is 38.4 Å². The summed E-state index contributed by atoms with van der Waals surface area (Å²) in [6.45, 7) is 3.31. The summed E-state index contributed by atoms with van der Waals surface area (Å²) in [5, 5.41) is 11.6. The summed E-state index contributed by atoms with van der Waals surface area (Å²) in [4.78, 5) is 24.2. The molecule has 8 nitrogen and oxygen atoms in total. The number of nitrogens with one attached hydrogen (secondary N) is 2. The number of rotatable bonds is 10. The highest BCUT2D eigenvalue weighted by molar-refractivity contribution is 6.07. The molecule has 1 aliphatic rings. The molecule has 0 saturated heterocycles. The first-order valence-electron chi connectivity index (χ1n) is 11.6. The lowest BCUT2D eigenvalue weighted by molar-refractivity contribution is -0.140. The Balaban J connectivity index is 1.71. The van der Waals surface area contributed by atoms with Gasteiger partial charge in [-0.2, -0.15) is 18.3 Å². The number of halogens is 3. The Labute approximate surface area is 207 Å². The van der Waals surface area contributed by atoms with Gasteiger partial charge < -0.3 is 20.1 Å². The minimum Gasteiger partial charge on any atom is -0.494 e. The number of benzene rings is 2. The van der Waals surface area contributed by atoms with Gasteiger partial charge in [0.1, 0.15) is 5.75 Å². The maximum atomic E-state index is 12.8. The van der Waals surface area contributed by atoms with E-state index in [9.17, 15) is 22.8 Å². The SMILES string of the molecule is CCCOc1ccc(C2=NN(C(=O)Nc3ccc(C(F)(F)F)cc3)CC2NCCCC(=O)OC)cc1. The molecule has 0 fully saturated rings. The normalized spacial score (nSPS) is 15.4. The lowest BCUT2D eigenvalue weighted by Crippen LogP contribution is -2.41. The monoisotopic (exact) mass is 506 g/mol. The van der Waals surface area contributed by atoms with Crippen molar-refractivity contribution in [1.82, 2.24) is 10.3 Å². The highest BCUT2D eigenvalue weighted by Crippen LogP contribution is 2.30. The average molecular weight is 507 g/mol. The molecular weight excluding hydrogens is 477 g/mol. The van der Waals surface area contributed by atoms with Gasteiger partial charge in [0.25, 0.3) is 0 Å². The summed E-state index contributed by atoms with van der Waals surface area (Å²) in [5.74, 6) is 0.413. The Kier molecular flexibility index (Phi) is 9.29. The second kappa shape index (κ2) is 12.4. The fourth-order valence-corrected chi connectivity index (χ4v) is 3.53. The van der Waals surface area contributed by atoms with Gasteiger partial charge in [-0.25, -0.2) is 9.80 Å². The third-order valence-corrected chi connectivity index (χ3v) is 5.41. The van der Waals surface area contributed by atoms with Crippen molar-refractivity contribution in [3.8, 4) is 5.75 Å². The number of alkyl halides is 3. The number of methoxy groups -OCH3 is 1. The van der Waals surface area contributed by atoms with E-state index in [-0.39, 0.29) is 30.7 Å². The van der Waals surface area contributed by atoms with Crippen molar-refractivity contribution in [1.29, 1.82) is 0 Å². The molecule has 2 N–H and O–H groups in total. The van der Waals surface area contributed by atoms with Crippen LogP contribution in [0.25, 0.3) is 0 Å². The molecule has 0 aromatic heterocycles. The minimum absolute atomic E-state index is 0.202. The van der Waals surface area contributed by atoms with Gasteiger partial charge in [0, 0.05) is 12.1 Å². The zero-order valence-electron chi connectivity index (χ0n) is 20.1. The third kappa shape index (κ3) is 7.45. The number of ether oxygens (including phenoxy) is 2. The number of anilines is 1. The molecule has 3 rings (SSSR count). The van der Waals surface area contributed by atoms with Crippen LogP contribution >= 0.6 is 0 Å². The van der Waals surface area contributed by atoms with Crippen LogP contribution in [0.4, 0.5) is 23.7 Å². The lowest BCUT2D eigenvalue weighted by atomic mass is 10.0. The Morgan fingerprint density at radius 1 is 1.11 bits per heavy atom. The van der Waals surface area contributed by atoms with Gasteiger partial charge in [-0.1, -0.05) is 6.92 Å². The van der Waals surface area contributed by atoms with E-state index >= 15 is 0 Å². The number of carbonyl (C=O) groups is 2. The molecule has 1 atom stereocenters. The van der Waals surface area contributed by atoms with E-state index < -0.39 is 17.8 Å². The van der Waals surface area contributed by atoms with Crippen LogP contribution in [0.3, 0.4) is 0 Å². The van der Waals surface area contributed by atoms with E-state index in [0.29, 0.717) is 25.3 Å². The quantitative estimate of drug-likeness (QED) is 0.361. The van der Waals surface area contributed by atoms with E-state index in [0.717, 1.165) is 29.9 Å². The maximum Gasteiger partial charge on any atom is 0.416 e. The first-order chi connectivity index (χ1) is 17.2. The van der Waals surface area contributed by atoms with Crippen LogP contribution in [0.1, 0.15) is 37.3 Å². The van der Waals surface area contributed by atoms with Crippen molar-refractivity contribution < 1.29 is 32.2 Å². The summed E-state index contributed by atoms with van der Waals surface area (Å²) in [6, 6.07) is 10.7. The molecule has 36 heavy (non-hydrogen) atoms. The Morgan fingerprint density at radius 3 is 2.42 bits per heavy atom. The molecule has 0 radical (unpaired) electrons. The Hall–Kier alpha value is -3.60. The standard InChI is InChI=1S/C25H29F3N4O4/c1-3-15-36-20-12-6-17(7-13-20)23-21(29-14-4-5-22(33)35-2)16-32(31-23)24(34)30-19-10-8-18(9-11-19)25(26,27)28/h6-13,21,29H,3-5,14-16H2,1-2H3,(H,30,34). The number of hydrogen-bond acceptors (Lipinski definition) is 6. The molecule has 0 aliphatic carbocycles. The van der Waals surface area contributed by atoms with Gasteiger partial charge in [-0.15, -0.1) is 0 Å². The molecule has 2 aromatic rings. The summed E-state index contributed by atoms with van der Waals surface area (Å²) in [5.41, 5.74) is 0.827. The van der Waals surface area contributed by atoms with Crippen LogP contribution in [0.5, 0.6) is 5.75 Å². The van der Waals surface area contributed by atoms with Gasteiger partial charge in [0.2, 0.25) is 0 Å². The van der Waals surface area contributed by atoms with Crippen LogP contribution in [0.15, 0.2) is 53.6 Å². The Bertz CT molecular complexity index is 1060. The molecule has 0 spiro atoms. The predicted molar refractivity (Wildman–Crippen MR) is 129 cm³/mol. The number of esters is 1. The predicted octanol–water partition coefficient (Wildman–Crippen LogP) is 4.66. The van der Waals surface area contributed by atoms with E-state index in [1.54, 1.807) is 0 Å². The third-order valence-electron chi connectivity index (χ3n) is 5.41. The van der Waals surface area contributed by atoms with E-state index in [4.69, 9.17) is 4.74 Å². The summed E-state index contributed by atoms with van der Waals surface area (Å²) >= 11 is 0. The van der Waals surface area contributed by atoms with Gasteiger partial charge in [-0.05, 0) is 73.5 Å². The van der Waals surface area contributed by atoms with Crippen molar-refractivity contribution in [3.05, 3.63) is 59.7 Å². The second-order valence-corrected chi connectivity index (χ2v) is 8.13. The van der Waals surface area contributed by atoms with Crippen molar-refractivity contribution in [2.24, 2.45) is 5.10 Å². The first-order valence-corrected chi connectivity index (χ1v) is 11.6. The van der Waals surface area contributed by atoms with Gasteiger partial charge in [0.15, 0.2) is 0 Å². The smallest absolute Gasteiger partial charge is 0.416 e. The number of urea groups is 1. The topological polar surface area (TPSA) is 92.3 Å². The molecule has 1 heterocycles. The molecule has 2 amide bonds. The van der Waals surface area contributed by atoms with E-state index in [1.165, 1.54) is 24.3 Å². The highest BCUT2D eigenvalue weighted by atomic mass is 19.4. The van der Waals surface area contributed by atoms with E-state index in [1.807, 2.05) is 31.2 Å². The summed E-state index contributed by atoms with van der Waals surface area (Å²) < 4.78 is 48.7. The minimum atomic E-state index is -4.46. The molecule has 1 unspecified atom stereocenters. The van der Waals surface area contributed by atoms with Gasteiger partial charge >= 0.3 is 18.2 Å². The number of hydrogen-bond donors (Lipinski definition) is 2. The van der Waals surface area contributed by atoms with Crippen LogP contribution in [0, 0.1) is 0 Å².